The van der Waals surface area contributed by atoms with Gasteiger partial charge in [0.2, 0.25) is 0 Å². The van der Waals surface area contributed by atoms with Gasteiger partial charge in [-0.25, -0.2) is 4.98 Å². The largest absolute Gasteiger partial charge is 0.375 e. The van der Waals surface area contributed by atoms with Gasteiger partial charge in [0.25, 0.3) is 0 Å². The third-order valence-corrected chi connectivity index (χ3v) is 4.44. The average Bonchev–Trinajstić information content (AvgIpc) is 2.80. The van der Waals surface area contributed by atoms with Crippen molar-refractivity contribution in [3.05, 3.63) is 57.4 Å². The van der Waals surface area contributed by atoms with E-state index in [0.717, 1.165) is 17.0 Å². The number of nitrogens with zero attached hydrogens (tertiary/aromatic N) is 2. The number of anilines is 1. The maximum atomic E-state index is 4.75. The zero-order valence-corrected chi connectivity index (χ0v) is 14.5. The lowest BCUT2D eigenvalue weighted by molar-refractivity contribution is 0.733. The van der Waals surface area contributed by atoms with E-state index in [1.54, 1.807) is 0 Å². The summed E-state index contributed by atoms with van der Waals surface area (Å²) in [5, 5.41) is 3.57. The molecule has 0 saturated heterocycles. The summed E-state index contributed by atoms with van der Waals surface area (Å²) >= 11 is 2.34. The molecule has 1 heterocycles. The standard InChI is InChI=1S/C17H18IN3/c1-11-10-13(18)8-9-14(11)19-12(2)17-20-15-6-4-5-7-16(15)21(17)3/h4-10,12,19H,1-3H3. The van der Waals surface area contributed by atoms with Crippen molar-refractivity contribution in [1.82, 2.24) is 9.55 Å². The summed E-state index contributed by atoms with van der Waals surface area (Å²) in [5.74, 6) is 1.05. The maximum absolute atomic E-state index is 4.75. The van der Waals surface area contributed by atoms with Gasteiger partial charge in [-0.15, -0.1) is 0 Å². The van der Waals surface area contributed by atoms with Gasteiger partial charge in [-0.1, -0.05) is 12.1 Å². The number of imidazole rings is 1. The van der Waals surface area contributed by atoms with Gasteiger partial charge in [0, 0.05) is 16.3 Å². The van der Waals surface area contributed by atoms with Crippen LogP contribution in [0, 0.1) is 10.5 Å². The lowest BCUT2D eigenvalue weighted by Gasteiger charge is -2.17. The molecule has 3 nitrogen and oxygen atoms in total. The quantitative estimate of drug-likeness (QED) is 0.659. The fourth-order valence-corrected chi connectivity index (χ4v) is 3.29. The minimum atomic E-state index is 0.154. The van der Waals surface area contributed by atoms with Gasteiger partial charge < -0.3 is 9.88 Å². The fourth-order valence-electron chi connectivity index (χ4n) is 2.64. The van der Waals surface area contributed by atoms with E-state index in [4.69, 9.17) is 4.98 Å². The number of hydrogen-bond acceptors (Lipinski definition) is 2. The first-order valence-corrected chi connectivity index (χ1v) is 8.08. The van der Waals surface area contributed by atoms with Gasteiger partial charge in [-0.3, -0.25) is 0 Å². The van der Waals surface area contributed by atoms with Crippen LogP contribution in [0.1, 0.15) is 24.4 Å². The molecular weight excluding hydrogens is 373 g/mol. The molecule has 1 N–H and O–H groups in total. The topological polar surface area (TPSA) is 29.9 Å². The van der Waals surface area contributed by atoms with Crippen LogP contribution in [0.5, 0.6) is 0 Å². The first kappa shape index (κ1) is 14.4. The molecule has 0 aliphatic rings. The molecule has 4 heteroatoms. The Kier molecular flexibility index (Phi) is 3.89. The van der Waals surface area contributed by atoms with E-state index in [-0.39, 0.29) is 6.04 Å². The SMILES string of the molecule is Cc1cc(I)ccc1NC(C)c1nc2ccccc2n1C. The Hall–Kier alpha value is -1.56. The van der Waals surface area contributed by atoms with Gasteiger partial charge in [0.15, 0.2) is 0 Å². The first-order valence-electron chi connectivity index (χ1n) is 7.00. The molecule has 0 amide bonds. The van der Waals surface area contributed by atoms with Crippen LogP contribution in [-0.2, 0) is 7.05 Å². The Morgan fingerprint density at radius 3 is 2.67 bits per heavy atom. The maximum Gasteiger partial charge on any atom is 0.131 e. The highest BCUT2D eigenvalue weighted by molar-refractivity contribution is 14.1. The molecule has 0 fully saturated rings. The van der Waals surface area contributed by atoms with E-state index in [1.807, 2.05) is 6.07 Å². The molecular formula is C17H18IN3. The molecule has 0 spiro atoms. The van der Waals surface area contributed by atoms with E-state index >= 15 is 0 Å². The van der Waals surface area contributed by atoms with Crippen LogP contribution < -0.4 is 5.32 Å². The molecule has 21 heavy (non-hydrogen) atoms. The van der Waals surface area contributed by atoms with Crippen molar-refractivity contribution >= 4 is 39.3 Å². The van der Waals surface area contributed by atoms with E-state index < -0.39 is 0 Å². The van der Waals surface area contributed by atoms with Crippen molar-refractivity contribution in [3.63, 3.8) is 0 Å². The van der Waals surface area contributed by atoms with E-state index in [9.17, 15) is 0 Å². The second-order valence-electron chi connectivity index (χ2n) is 5.34. The van der Waals surface area contributed by atoms with Crippen molar-refractivity contribution < 1.29 is 0 Å². The molecule has 0 aliphatic carbocycles. The Bertz CT molecular complexity index is 792. The average molecular weight is 391 g/mol. The van der Waals surface area contributed by atoms with Crippen LogP contribution >= 0.6 is 22.6 Å². The molecule has 0 radical (unpaired) electrons. The Labute approximate surface area is 138 Å². The number of aryl methyl sites for hydroxylation is 2. The number of halogens is 1. The molecule has 0 saturated carbocycles. The minimum absolute atomic E-state index is 0.154. The summed E-state index contributed by atoms with van der Waals surface area (Å²) in [6.45, 7) is 4.28. The van der Waals surface area contributed by atoms with E-state index in [0.29, 0.717) is 0 Å². The normalized spacial score (nSPS) is 12.6. The molecule has 3 rings (SSSR count). The monoisotopic (exact) mass is 391 g/mol. The van der Waals surface area contributed by atoms with Crippen molar-refractivity contribution in [2.45, 2.75) is 19.9 Å². The van der Waals surface area contributed by atoms with Crippen LogP contribution in [0.4, 0.5) is 5.69 Å². The zero-order chi connectivity index (χ0) is 15.0. The molecule has 1 aromatic heterocycles. The van der Waals surface area contributed by atoms with Crippen LogP contribution in [-0.4, -0.2) is 9.55 Å². The number of rotatable bonds is 3. The highest BCUT2D eigenvalue weighted by Gasteiger charge is 2.14. The number of fused-ring (bicyclic) bond motifs is 1. The van der Waals surface area contributed by atoms with E-state index in [2.05, 4.69) is 89.8 Å². The second-order valence-corrected chi connectivity index (χ2v) is 6.59. The van der Waals surface area contributed by atoms with Gasteiger partial charge in [-0.2, -0.15) is 0 Å². The molecule has 1 atom stereocenters. The highest BCUT2D eigenvalue weighted by atomic mass is 127. The summed E-state index contributed by atoms with van der Waals surface area (Å²) in [6, 6.07) is 14.8. The highest BCUT2D eigenvalue weighted by Crippen LogP contribution is 2.25. The minimum Gasteiger partial charge on any atom is -0.375 e. The van der Waals surface area contributed by atoms with Crippen LogP contribution in [0.15, 0.2) is 42.5 Å². The number of nitrogens with one attached hydrogen (secondary N) is 1. The summed E-state index contributed by atoms with van der Waals surface area (Å²) in [4.78, 5) is 4.75. The first-order chi connectivity index (χ1) is 10.1. The van der Waals surface area contributed by atoms with Crippen molar-refractivity contribution in [1.29, 1.82) is 0 Å². The number of benzene rings is 2. The number of aromatic nitrogens is 2. The zero-order valence-electron chi connectivity index (χ0n) is 12.4. The lowest BCUT2D eigenvalue weighted by Crippen LogP contribution is -2.12. The van der Waals surface area contributed by atoms with Gasteiger partial charge in [-0.05, 0) is 72.3 Å². The van der Waals surface area contributed by atoms with Crippen LogP contribution in [0.2, 0.25) is 0 Å². The second kappa shape index (κ2) is 5.67. The van der Waals surface area contributed by atoms with Gasteiger partial charge in [0.05, 0.1) is 17.1 Å². The van der Waals surface area contributed by atoms with Crippen molar-refractivity contribution in [2.75, 3.05) is 5.32 Å². The molecule has 0 bridgehead atoms. The third kappa shape index (κ3) is 2.77. The van der Waals surface area contributed by atoms with Crippen LogP contribution in [0.3, 0.4) is 0 Å². The fraction of sp³-hybridized carbons (Fsp3) is 0.235. The summed E-state index contributed by atoms with van der Waals surface area (Å²) in [6.07, 6.45) is 0. The lowest BCUT2D eigenvalue weighted by atomic mass is 10.2. The predicted octanol–water partition coefficient (Wildman–Crippen LogP) is 4.66. The van der Waals surface area contributed by atoms with E-state index in [1.165, 1.54) is 14.7 Å². The van der Waals surface area contributed by atoms with Crippen LogP contribution in [0.25, 0.3) is 11.0 Å². The Morgan fingerprint density at radius 1 is 1.19 bits per heavy atom. The van der Waals surface area contributed by atoms with Crippen molar-refractivity contribution in [3.8, 4) is 0 Å². The van der Waals surface area contributed by atoms with Crippen molar-refractivity contribution in [2.24, 2.45) is 7.05 Å². The molecule has 1 unspecified atom stereocenters. The predicted molar refractivity (Wildman–Crippen MR) is 96.6 cm³/mol. The Balaban J connectivity index is 1.93. The van der Waals surface area contributed by atoms with Gasteiger partial charge >= 0.3 is 0 Å². The molecule has 0 aliphatic heterocycles. The smallest absolute Gasteiger partial charge is 0.131 e. The summed E-state index contributed by atoms with van der Waals surface area (Å²) in [7, 11) is 2.07. The Morgan fingerprint density at radius 2 is 1.95 bits per heavy atom. The number of hydrogen-bond donors (Lipinski definition) is 1. The number of para-hydroxylation sites is 2. The summed E-state index contributed by atoms with van der Waals surface area (Å²) in [5.41, 5.74) is 4.63. The van der Waals surface area contributed by atoms with Gasteiger partial charge in [0.1, 0.15) is 5.82 Å². The molecule has 108 valence electrons. The molecule has 2 aromatic carbocycles. The summed E-state index contributed by atoms with van der Waals surface area (Å²) < 4.78 is 3.42. The third-order valence-electron chi connectivity index (χ3n) is 3.77. The molecule has 3 aromatic rings.